The third-order valence-corrected chi connectivity index (χ3v) is 4.89. The smallest absolute Gasteiger partial charge is 0.238 e. The number of nitrogens with two attached hydrogens (primary N) is 1. The molecule has 0 unspecified atom stereocenters. The highest BCUT2D eigenvalue weighted by molar-refractivity contribution is 7.89. The van der Waals surface area contributed by atoms with Gasteiger partial charge in [-0.05, 0) is 29.7 Å². The molecule has 0 fully saturated rings. The van der Waals surface area contributed by atoms with Crippen molar-refractivity contribution >= 4 is 21.8 Å². The quantitative estimate of drug-likeness (QED) is 0.630. The molecule has 27 heavy (non-hydrogen) atoms. The highest BCUT2D eigenvalue weighted by atomic mass is 32.2. The molecule has 0 saturated carbocycles. The molecule has 2 aromatic carbocycles. The van der Waals surface area contributed by atoms with Crippen molar-refractivity contribution in [2.24, 2.45) is 5.14 Å². The SMILES string of the molecule is CC(=O)N[C@@H](CC(=O)NCCc1ccc(S(N)(=O)=O)cc1)c1ccccc1. The summed E-state index contributed by atoms with van der Waals surface area (Å²) in [6.07, 6.45) is 0.681. The van der Waals surface area contributed by atoms with E-state index in [0.717, 1.165) is 11.1 Å². The second kappa shape index (κ2) is 9.29. The molecule has 1 atom stereocenters. The first-order chi connectivity index (χ1) is 12.8. The zero-order chi connectivity index (χ0) is 19.9. The van der Waals surface area contributed by atoms with E-state index in [0.29, 0.717) is 13.0 Å². The van der Waals surface area contributed by atoms with Crippen LogP contribution in [0.4, 0.5) is 0 Å². The summed E-state index contributed by atoms with van der Waals surface area (Å²) in [5, 5.41) is 10.7. The van der Waals surface area contributed by atoms with E-state index in [-0.39, 0.29) is 23.1 Å². The largest absolute Gasteiger partial charge is 0.356 e. The molecule has 0 heterocycles. The van der Waals surface area contributed by atoms with Crippen molar-refractivity contribution in [2.45, 2.75) is 30.7 Å². The van der Waals surface area contributed by atoms with Crippen molar-refractivity contribution in [2.75, 3.05) is 6.54 Å². The van der Waals surface area contributed by atoms with Gasteiger partial charge in [0.1, 0.15) is 0 Å². The van der Waals surface area contributed by atoms with E-state index in [1.165, 1.54) is 19.1 Å². The van der Waals surface area contributed by atoms with Gasteiger partial charge in [0, 0.05) is 13.5 Å². The summed E-state index contributed by atoms with van der Waals surface area (Å²) in [7, 11) is -3.71. The number of nitrogens with one attached hydrogen (secondary N) is 2. The van der Waals surface area contributed by atoms with E-state index < -0.39 is 16.1 Å². The van der Waals surface area contributed by atoms with Crippen LogP contribution < -0.4 is 15.8 Å². The van der Waals surface area contributed by atoms with E-state index in [4.69, 9.17) is 5.14 Å². The van der Waals surface area contributed by atoms with Gasteiger partial charge < -0.3 is 10.6 Å². The van der Waals surface area contributed by atoms with Crippen LogP contribution in [-0.2, 0) is 26.0 Å². The molecule has 0 bridgehead atoms. The third-order valence-electron chi connectivity index (χ3n) is 3.96. The zero-order valence-corrected chi connectivity index (χ0v) is 15.8. The van der Waals surface area contributed by atoms with Crippen molar-refractivity contribution in [1.82, 2.24) is 10.6 Å². The minimum absolute atomic E-state index is 0.0521. The number of rotatable bonds is 8. The van der Waals surface area contributed by atoms with Crippen molar-refractivity contribution in [3.8, 4) is 0 Å². The normalized spacial score (nSPS) is 12.2. The molecule has 144 valence electrons. The fraction of sp³-hybridized carbons (Fsp3) is 0.263. The molecular formula is C19H23N3O4S. The van der Waals surface area contributed by atoms with Crippen LogP contribution in [0.3, 0.4) is 0 Å². The fourth-order valence-corrected chi connectivity index (χ4v) is 3.15. The molecule has 0 aliphatic carbocycles. The second-order valence-corrected chi connectivity index (χ2v) is 7.72. The monoisotopic (exact) mass is 389 g/mol. The van der Waals surface area contributed by atoms with E-state index in [1.54, 1.807) is 12.1 Å². The Morgan fingerprint density at radius 3 is 2.22 bits per heavy atom. The Bertz CT molecular complexity index is 881. The van der Waals surface area contributed by atoms with Gasteiger partial charge in [0.2, 0.25) is 21.8 Å². The number of primary sulfonamides is 1. The van der Waals surface area contributed by atoms with Crippen LogP contribution in [0.15, 0.2) is 59.5 Å². The Morgan fingerprint density at radius 1 is 1.04 bits per heavy atom. The van der Waals surface area contributed by atoms with E-state index >= 15 is 0 Å². The van der Waals surface area contributed by atoms with Gasteiger partial charge in [-0.3, -0.25) is 9.59 Å². The Balaban J connectivity index is 1.88. The van der Waals surface area contributed by atoms with Crippen LogP contribution in [0, 0.1) is 0 Å². The molecule has 8 heteroatoms. The first kappa shape index (κ1) is 20.6. The van der Waals surface area contributed by atoms with Crippen molar-refractivity contribution in [3.63, 3.8) is 0 Å². The Kier molecular flexibility index (Phi) is 7.09. The average Bonchev–Trinajstić information content (AvgIpc) is 2.61. The summed E-state index contributed by atoms with van der Waals surface area (Å²) in [4.78, 5) is 23.7. The van der Waals surface area contributed by atoms with Gasteiger partial charge >= 0.3 is 0 Å². The highest BCUT2D eigenvalue weighted by Gasteiger charge is 2.16. The summed E-state index contributed by atoms with van der Waals surface area (Å²) in [6.45, 7) is 1.81. The lowest BCUT2D eigenvalue weighted by Gasteiger charge is -2.18. The number of carbonyl (C=O) groups is 2. The maximum atomic E-state index is 12.2. The van der Waals surface area contributed by atoms with Gasteiger partial charge in [0.25, 0.3) is 0 Å². The molecule has 0 radical (unpaired) electrons. The maximum absolute atomic E-state index is 12.2. The Labute approximate surface area is 159 Å². The number of amides is 2. The average molecular weight is 389 g/mol. The summed E-state index contributed by atoms with van der Waals surface area (Å²) >= 11 is 0. The van der Waals surface area contributed by atoms with Crippen LogP contribution in [0.5, 0.6) is 0 Å². The fourth-order valence-electron chi connectivity index (χ4n) is 2.63. The van der Waals surface area contributed by atoms with E-state index in [9.17, 15) is 18.0 Å². The molecular weight excluding hydrogens is 366 g/mol. The van der Waals surface area contributed by atoms with Crippen LogP contribution in [0.25, 0.3) is 0 Å². The van der Waals surface area contributed by atoms with Crippen LogP contribution >= 0.6 is 0 Å². The molecule has 0 spiro atoms. The lowest BCUT2D eigenvalue weighted by molar-refractivity contribution is -0.122. The molecule has 2 amide bonds. The van der Waals surface area contributed by atoms with Crippen molar-refractivity contribution in [3.05, 3.63) is 65.7 Å². The van der Waals surface area contributed by atoms with Crippen LogP contribution in [-0.4, -0.2) is 26.8 Å². The zero-order valence-electron chi connectivity index (χ0n) is 15.0. The number of carbonyl (C=O) groups excluding carboxylic acids is 2. The maximum Gasteiger partial charge on any atom is 0.238 e. The van der Waals surface area contributed by atoms with Gasteiger partial charge in [-0.2, -0.15) is 0 Å². The summed E-state index contributed by atoms with van der Waals surface area (Å²) in [6, 6.07) is 15.1. The molecule has 4 N–H and O–H groups in total. The van der Waals surface area contributed by atoms with Crippen molar-refractivity contribution in [1.29, 1.82) is 0 Å². The number of hydrogen-bond acceptors (Lipinski definition) is 4. The lowest BCUT2D eigenvalue weighted by atomic mass is 10.0. The highest BCUT2D eigenvalue weighted by Crippen LogP contribution is 2.16. The van der Waals surface area contributed by atoms with Crippen molar-refractivity contribution < 1.29 is 18.0 Å². The molecule has 0 saturated heterocycles. The Hall–Kier alpha value is -2.71. The second-order valence-electron chi connectivity index (χ2n) is 6.16. The van der Waals surface area contributed by atoms with Gasteiger partial charge in [-0.1, -0.05) is 42.5 Å². The molecule has 0 aliphatic heterocycles. The summed E-state index contributed by atoms with van der Waals surface area (Å²) in [5.41, 5.74) is 1.74. The predicted octanol–water partition coefficient (Wildman–Crippen LogP) is 1.26. The van der Waals surface area contributed by atoms with Gasteiger partial charge in [0.05, 0.1) is 17.4 Å². The predicted molar refractivity (Wildman–Crippen MR) is 102 cm³/mol. The van der Waals surface area contributed by atoms with E-state index in [1.807, 2.05) is 30.3 Å². The molecule has 2 rings (SSSR count). The van der Waals surface area contributed by atoms with Gasteiger partial charge in [0.15, 0.2) is 0 Å². The number of sulfonamides is 1. The van der Waals surface area contributed by atoms with E-state index in [2.05, 4.69) is 10.6 Å². The topological polar surface area (TPSA) is 118 Å². The molecule has 0 aromatic heterocycles. The first-order valence-electron chi connectivity index (χ1n) is 8.46. The van der Waals surface area contributed by atoms with Crippen LogP contribution in [0.1, 0.15) is 30.5 Å². The molecule has 7 nitrogen and oxygen atoms in total. The molecule has 0 aliphatic rings. The number of benzene rings is 2. The van der Waals surface area contributed by atoms with Gasteiger partial charge in [-0.15, -0.1) is 0 Å². The number of hydrogen-bond donors (Lipinski definition) is 3. The third kappa shape index (κ3) is 6.84. The minimum Gasteiger partial charge on any atom is -0.356 e. The van der Waals surface area contributed by atoms with Gasteiger partial charge in [-0.25, -0.2) is 13.6 Å². The standard InChI is InChI=1S/C19H23N3O4S/c1-14(23)22-18(16-5-3-2-4-6-16)13-19(24)21-12-11-15-7-9-17(10-8-15)27(20,25)26/h2-10,18H,11-13H2,1H3,(H,21,24)(H,22,23)(H2,20,25,26)/t18-/m0/s1. The Morgan fingerprint density at radius 2 is 1.67 bits per heavy atom. The first-order valence-corrected chi connectivity index (χ1v) is 10.0. The summed E-state index contributed by atoms with van der Waals surface area (Å²) < 4.78 is 22.5. The summed E-state index contributed by atoms with van der Waals surface area (Å²) in [5.74, 6) is -0.384. The van der Waals surface area contributed by atoms with Crippen LogP contribution in [0.2, 0.25) is 0 Å². The molecule has 2 aromatic rings. The lowest BCUT2D eigenvalue weighted by Crippen LogP contribution is -2.33. The minimum atomic E-state index is -3.71.